The monoisotopic (exact) mass is 376 g/mol. The van der Waals surface area contributed by atoms with Crippen LogP contribution in [0.1, 0.15) is 45.7 Å². The molecule has 6 nitrogen and oxygen atoms in total. The average molecular weight is 376 g/mol. The van der Waals surface area contributed by atoms with Gasteiger partial charge in [0.05, 0.1) is 5.69 Å². The van der Waals surface area contributed by atoms with Crippen molar-refractivity contribution in [3.8, 4) is 0 Å². The summed E-state index contributed by atoms with van der Waals surface area (Å²) in [5, 5.41) is 12.4. The van der Waals surface area contributed by atoms with Crippen LogP contribution in [0.5, 0.6) is 0 Å². The van der Waals surface area contributed by atoms with Gasteiger partial charge >= 0.3 is 5.97 Å². The molecule has 2 aromatic carbocycles. The lowest BCUT2D eigenvalue weighted by atomic mass is 9.96. The summed E-state index contributed by atoms with van der Waals surface area (Å²) >= 11 is 0. The number of carbonyl (C=O) groups is 3. The largest absolute Gasteiger partial charge is 0.480 e. The fourth-order valence-electron chi connectivity index (χ4n) is 2.99. The first kappa shape index (κ1) is 19.1. The number of amides is 1. The molecule has 1 atom stereocenters. The topological polar surface area (TPSA) is 99.3 Å². The lowest BCUT2D eigenvalue weighted by molar-refractivity contribution is -0.137. The minimum absolute atomic E-state index is 0.198. The van der Waals surface area contributed by atoms with Crippen LogP contribution in [0, 0.1) is 6.92 Å². The normalized spacial score (nSPS) is 11.6. The van der Waals surface area contributed by atoms with Gasteiger partial charge in [0.15, 0.2) is 0 Å². The van der Waals surface area contributed by atoms with Gasteiger partial charge in [0.25, 0.3) is 0 Å². The predicted molar refractivity (Wildman–Crippen MR) is 106 cm³/mol. The second-order valence-corrected chi connectivity index (χ2v) is 6.60. The van der Waals surface area contributed by atoms with Crippen molar-refractivity contribution in [2.45, 2.75) is 19.8 Å². The quantitative estimate of drug-likeness (QED) is 0.571. The van der Waals surface area contributed by atoms with Gasteiger partial charge in [0.2, 0.25) is 11.7 Å². The van der Waals surface area contributed by atoms with Crippen LogP contribution in [0.4, 0.5) is 5.69 Å². The van der Waals surface area contributed by atoms with Gasteiger partial charge < -0.3 is 15.4 Å². The Morgan fingerprint density at radius 3 is 2.14 bits per heavy atom. The molecule has 142 valence electrons. The third-order valence-corrected chi connectivity index (χ3v) is 4.39. The maximum Gasteiger partial charge on any atom is 0.317 e. The maximum absolute atomic E-state index is 12.6. The summed E-state index contributed by atoms with van der Waals surface area (Å²) in [4.78, 5) is 38.6. The highest BCUT2D eigenvalue weighted by atomic mass is 16.4. The zero-order valence-electron chi connectivity index (χ0n) is 15.5. The molecular weight excluding hydrogens is 356 g/mol. The van der Waals surface area contributed by atoms with Crippen LogP contribution in [0.15, 0.2) is 60.7 Å². The molecular formula is C22H20N2O4. The van der Waals surface area contributed by atoms with Gasteiger partial charge in [-0.15, -0.1) is 0 Å². The van der Waals surface area contributed by atoms with Crippen LogP contribution in [-0.2, 0) is 9.59 Å². The molecule has 28 heavy (non-hydrogen) atoms. The molecule has 1 heterocycles. The Kier molecular flexibility index (Phi) is 5.40. The first-order valence-corrected chi connectivity index (χ1v) is 8.76. The standard InChI is InChI=1S/C22H20N2O4/c1-13-3-5-16(6-4-13)21(26)19-12-11-18(24-19)20(22(27)28)15-7-9-17(10-8-15)23-14(2)25/h3-12,20,24H,1-2H3,(H,23,25)(H,27,28). The number of hydrogen-bond donors (Lipinski definition) is 3. The zero-order valence-corrected chi connectivity index (χ0v) is 15.5. The number of aromatic nitrogens is 1. The van der Waals surface area contributed by atoms with Crippen molar-refractivity contribution in [3.05, 3.63) is 88.7 Å². The number of ketones is 1. The van der Waals surface area contributed by atoms with Crippen LogP contribution in [0.25, 0.3) is 0 Å². The first-order valence-electron chi connectivity index (χ1n) is 8.76. The number of hydrogen-bond acceptors (Lipinski definition) is 3. The molecule has 0 saturated carbocycles. The van der Waals surface area contributed by atoms with Gasteiger partial charge in [-0.2, -0.15) is 0 Å². The number of rotatable bonds is 6. The van der Waals surface area contributed by atoms with E-state index < -0.39 is 11.9 Å². The Hall–Kier alpha value is -3.67. The first-order chi connectivity index (χ1) is 13.3. The number of aromatic amines is 1. The molecule has 0 aliphatic heterocycles. The van der Waals surface area contributed by atoms with Gasteiger partial charge in [-0.05, 0) is 36.8 Å². The number of aliphatic carboxylic acids is 1. The van der Waals surface area contributed by atoms with Crippen molar-refractivity contribution < 1.29 is 19.5 Å². The van der Waals surface area contributed by atoms with Crippen LogP contribution in [0.3, 0.4) is 0 Å². The predicted octanol–water partition coefficient (Wildman–Crippen LogP) is 3.73. The number of carbonyl (C=O) groups excluding carboxylic acids is 2. The number of H-pyrrole nitrogens is 1. The molecule has 0 aliphatic carbocycles. The molecule has 0 aliphatic rings. The Morgan fingerprint density at radius 2 is 1.57 bits per heavy atom. The van der Waals surface area contributed by atoms with E-state index >= 15 is 0 Å². The molecule has 1 amide bonds. The van der Waals surface area contributed by atoms with Gasteiger partial charge in [0, 0.05) is 23.9 Å². The summed E-state index contributed by atoms with van der Waals surface area (Å²) in [5.41, 5.74) is 3.46. The molecule has 0 fully saturated rings. The van der Waals surface area contributed by atoms with Crippen LogP contribution in [0.2, 0.25) is 0 Å². The summed E-state index contributed by atoms with van der Waals surface area (Å²) in [7, 11) is 0. The fraction of sp³-hybridized carbons (Fsp3) is 0.136. The fourth-order valence-corrected chi connectivity index (χ4v) is 2.99. The van der Waals surface area contributed by atoms with Gasteiger partial charge in [0.1, 0.15) is 5.92 Å². The van der Waals surface area contributed by atoms with E-state index in [9.17, 15) is 19.5 Å². The minimum atomic E-state index is -1.04. The van der Waals surface area contributed by atoms with Crippen molar-refractivity contribution >= 4 is 23.3 Å². The number of nitrogens with one attached hydrogen (secondary N) is 2. The second kappa shape index (κ2) is 7.92. The van der Waals surface area contributed by atoms with E-state index in [1.54, 1.807) is 48.5 Å². The molecule has 0 bridgehead atoms. The highest BCUT2D eigenvalue weighted by Crippen LogP contribution is 2.26. The van der Waals surface area contributed by atoms with E-state index in [0.717, 1.165) is 5.56 Å². The van der Waals surface area contributed by atoms with Crippen molar-refractivity contribution in [3.63, 3.8) is 0 Å². The highest BCUT2D eigenvalue weighted by Gasteiger charge is 2.25. The Bertz CT molecular complexity index is 1020. The lowest BCUT2D eigenvalue weighted by Crippen LogP contribution is -2.14. The number of anilines is 1. The Labute approximate surface area is 162 Å². The Balaban J connectivity index is 1.87. The average Bonchev–Trinajstić information content (AvgIpc) is 3.12. The number of benzene rings is 2. The molecule has 3 rings (SSSR count). The summed E-state index contributed by atoms with van der Waals surface area (Å²) in [6.07, 6.45) is 0. The molecule has 3 aromatic rings. The Morgan fingerprint density at radius 1 is 0.929 bits per heavy atom. The van der Waals surface area contributed by atoms with Crippen LogP contribution < -0.4 is 5.32 Å². The minimum Gasteiger partial charge on any atom is -0.480 e. The molecule has 1 aromatic heterocycles. The summed E-state index contributed by atoms with van der Waals surface area (Å²) < 4.78 is 0. The van der Waals surface area contributed by atoms with E-state index in [1.165, 1.54) is 6.92 Å². The molecule has 0 spiro atoms. The van der Waals surface area contributed by atoms with Crippen LogP contribution in [-0.4, -0.2) is 27.8 Å². The SMILES string of the molecule is CC(=O)Nc1ccc(C(C(=O)O)c2ccc(C(=O)c3ccc(C)cc3)[nH]2)cc1. The third-order valence-electron chi connectivity index (χ3n) is 4.39. The summed E-state index contributed by atoms with van der Waals surface area (Å²) in [5.74, 6) is -2.39. The molecule has 1 unspecified atom stereocenters. The van der Waals surface area contributed by atoms with E-state index in [-0.39, 0.29) is 11.7 Å². The van der Waals surface area contributed by atoms with Crippen molar-refractivity contribution in [1.82, 2.24) is 4.98 Å². The highest BCUT2D eigenvalue weighted by molar-refractivity contribution is 6.08. The number of carboxylic acids is 1. The van der Waals surface area contributed by atoms with E-state index in [1.807, 2.05) is 19.1 Å². The molecule has 0 saturated heterocycles. The van der Waals surface area contributed by atoms with Gasteiger partial charge in [-0.1, -0.05) is 42.0 Å². The van der Waals surface area contributed by atoms with Crippen molar-refractivity contribution in [2.75, 3.05) is 5.32 Å². The van der Waals surface area contributed by atoms with E-state index in [2.05, 4.69) is 10.3 Å². The second-order valence-electron chi connectivity index (χ2n) is 6.60. The van der Waals surface area contributed by atoms with Crippen LogP contribution >= 0.6 is 0 Å². The van der Waals surface area contributed by atoms with Gasteiger partial charge in [-0.25, -0.2) is 0 Å². The number of aryl methyl sites for hydroxylation is 1. The van der Waals surface area contributed by atoms with E-state index in [4.69, 9.17) is 0 Å². The summed E-state index contributed by atoms with van der Waals surface area (Å²) in [6.45, 7) is 3.34. The lowest BCUT2D eigenvalue weighted by Gasteiger charge is -2.12. The van der Waals surface area contributed by atoms with E-state index in [0.29, 0.717) is 28.2 Å². The van der Waals surface area contributed by atoms with Gasteiger partial charge in [-0.3, -0.25) is 14.4 Å². The molecule has 3 N–H and O–H groups in total. The zero-order chi connectivity index (χ0) is 20.3. The van der Waals surface area contributed by atoms with Crippen molar-refractivity contribution in [2.24, 2.45) is 0 Å². The number of carboxylic acid groups (broad SMARTS) is 1. The van der Waals surface area contributed by atoms with Crippen molar-refractivity contribution in [1.29, 1.82) is 0 Å². The third kappa shape index (κ3) is 4.17. The molecule has 6 heteroatoms. The summed E-state index contributed by atoms with van der Waals surface area (Å²) in [6, 6.07) is 17.0. The molecule has 0 radical (unpaired) electrons. The maximum atomic E-state index is 12.6. The smallest absolute Gasteiger partial charge is 0.317 e.